The van der Waals surface area contributed by atoms with E-state index in [2.05, 4.69) is 20.6 Å². The van der Waals surface area contributed by atoms with Crippen molar-refractivity contribution in [2.24, 2.45) is 0 Å². The van der Waals surface area contributed by atoms with Crippen LogP contribution < -0.4 is 15.6 Å². The number of benzene rings is 1. The Morgan fingerprint density at radius 1 is 1.12 bits per heavy atom. The number of alkyl halides is 2. The number of para-hydroxylation sites is 1. The molecule has 0 spiro atoms. The van der Waals surface area contributed by atoms with E-state index in [9.17, 15) is 18.4 Å². The minimum Gasteiger partial charge on any atom is -0.434 e. The van der Waals surface area contributed by atoms with Gasteiger partial charge in [-0.05, 0) is 24.3 Å². The summed E-state index contributed by atoms with van der Waals surface area (Å²) in [5.41, 5.74) is 4.94. The lowest BCUT2D eigenvalue weighted by Crippen LogP contribution is -2.40. The van der Waals surface area contributed by atoms with Gasteiger partial charge in [0.05, 0.1) is 5.56 Å². The molecule has 124 valence electrons. The molecule has 2 rings (SSSR count). The molecule has 0 radical (unpaired) electrons. The zero-order valence-corrected chi connectivity index (χ0v) is 12.3. The van der Waals surface area contributed by atoms with Gasteiger partial charge in [0.2, 0.25) is 0 Å². The molecular weight excluding hydrogens is 320 g/mol. The molecule has 0 saturated heterocycles. The highest BCUT2D eigenvalue weighted by Crippen LogP contribution is 2.21. The molecule has 2 amide bonds. The predicted octanol–water partition coefficient (Wildman–Crippen LogP) is 2.16. The Hall–Kier alpha value is -3.29. The Labute approximate surface area is 136 Å². The second-order valence-electron chi connectivity index (χ2n) is 4.43. The summed E-state index contributed by atoms with van der Waals surface area (Å²) in [7, 11) is 0. The van der Waals surface area contributed by atoms with E-state index in [0.29, 0.717) is 5.56 Å². The quantitative estimate of drug-likeness (QED) is 0.649. The highest BCUT2D eigenvalue weighted by Gasteiger charge is 2.08. The molecule has 0 aliphatic heterocycles. The van der Waals surface area contributed by atoms with Crippen molar-refractivity contribution in [2.75, 3.05) is 0 Å². The first kappa shape index (κ1) is 17.1. The van der Waals surface area contributed by atoms with Gasteiger partial charge in [-0.1, -0.05) is 18.2 Å². The fourth-order valence-electron chi connectivity index (χ4n) is 1.72. The van der Waals surface area contributed by atoms with Gasteiger partial charge < -0.3 is 4.74 Å². The first-order chi connectivity index (χ1) is 11.6. The Morgan fingerprint density at radius 3 is 2.62 bits per heavy atom. The molecule has 1 heterocycles. The number of aromatic nitrogens is 1. The summed E-state index contributed by atoms with van der Waals surface area (Å²) in [6.45, 7) is -2.97. The fourth-order valence-corrected chi connectivity index (χ4v) is 1.72. The Balaban J connectivity index is 1.93. The van der Waals surface area contributed by atoms with Gasteiger partial charge >= 0.3 is 6.61 Å². The van der Waals surface area contributed by atoms with E-state index in [1.54, 1.807) is 12.1 Å². The summed E-state index contributed by atoms with van der Waals surface area (Å²) in [4.78, 5) is 27.2. The minimum absolute atomic E-state index is 0.0593. The van der Waals surface area contributed by atoms with Crippen LogP contribution in [0, 0.1) is 0 Å². The number of nitrogens with one attached hydrogen (secondary N) is 2. The molecule has 1 aromatic carbocycles. The molecule has 0 saturated carbocycles. The van der Waals surface area contributed by atoms with Crippen molar-refractivity contribution in [3.8, 4) is 5.75 Å². The second kappa shape index (κ2) is 8.37. The Bertz CT molecular complexity index is 736. The van der Waals surface area contributed by atoms with Crippen molar-refractivity contribution in [3.05, 3.63) is 66.0 Å². The van der Waals surface area contributed by atoms with Crippen LogP contribution in [0.1, 0.15) is 15.9 Å². The van der Waals surface area contributed by atoms with E-state index >= 15 is 0 Å². The third-order valence-corrected chi connectivity index (χ3v) is 2.77. The van der Waals surface area contributed by atoms with Gasteiger partial charge in [0.1, 0.15) is 5.75 Å². The fraction of sp³-hybridized carbons (Fsp3) is 0.0625. The SMILES string of the molecule is O=C(/C=C/c1ccccc1OC(F)F)NNC(=O)c1cccnc1. The van der Waals surface area contributed by atoms with E-state index in [0.717, 1.165) is 6.08 Å². The average Bonchev–Trinajstić information content (AvgIpc) is 2.59. The first-order valence-electron chi connectivity index (χ1n) is 6.78. The predicted molar refractivity (Wildman–Crippen MR) is 82.0 cm³/mol. The van der Waals surface area contributed by atoms with Crippen molar-refractivity contribution < 1.29 is 23.1 Å². The molecule has 6 nitrogen and oxygen atoms in total. The number of nitrogens with zero attached hydrogens (tertiary/aromatic N) is 1. The van der Waals surface area contributed by atoms with E-state index < -0.39 is 18.4 Å². The number of pyridine rings is 1. The second-order valence-corrected chi connectivity index (χ2v) is 4.43. The number of halogens is 2. The summed E-state index contributed by atoms with van der Waals surface area (Å²) >= 11 is 0. The molecule has 0 aliphatic rings. The number of hydrogen-bond donors (Lipinski definition) is 2. The number of rotatable bonds is 5. The van der Waals surface area contributed by atoms with Crippen LogP contribution in [0.2, 0.25) is 0 Å². The van der Waals surface area contributed by atoms with Gasteiger partial charge in [0.25, 0.3) is 11.8 Å². The topological polar surface area (TPSA) is 80.3 Å². The van der Waals surface area contributed by atoms with Crippen molar-refractivity contribution in [1.82, 2.24) is 15.8 Å². The van der Waals surface area contributed by atoms with Crippen molar-refractivity contribution in [1.29, 1.82) is 0 Å². The van der Waals surface area contributed by atoms with E-state index in [-0.39, 0.29) is 11.3 Å². The highest BCUT2D eigenvalue weighted by molar-refractivity contribution is 5.97. The van der Waals surface area contributed by atoms with Gasteiger partial charge in [0, 0.05) is 24.0 Å². The maximum absolute atomic E-state index is 12.3. The maximum Gasteiger partial charge on any atom is 0.387 e. The number of hydrogen-bond acceptors (Lipinski definition) is 4. The Kier molecular flexibility index (Phi) is 5.95. The van der Waals surface area contributed by atoms with Crippen LogP contribution in [0.3, 0.4) is 0 Å². The number of amides is 2. The van der Waals surface area contributed by atoms with E-state index in [4.69, 9.17) is 0 Å². The van der Waals surface area contributed by atoms with Gasteiger partial charge in [-0.2, -0.15) is 8.78 Å². The normalized spacial score (nSPS) is 10.6. The summed E-state index contributed by atoms with van der Waals surface area (Å²) in [5, 5.41) is 0. The smallest absolute Gasteiger partial charge is 0.387 e. The van der Waals surface area contributed by atoms with Gasteiger partial charge in [-0.3, -0.25) is 25.4 Å². The van der Waals surface area contributed by atoms with Crippen LogP contribution in [-0.4, -0.2) is 23.4 Å². The zero-order valence-electron chi connectivity index (χ0n) is 12.3. The van der Waals surface area contributed by atoms with Gasteiger partial charge in [0.15, 0.2) is 0 Å². The lowest BCUT2D eigenvalue weighted by atomic mass is 10.2. The number of carbonyl (C=O) groups is 2. The van der Waals surface area contributed by atoms with Crippen molar-refractivity contribution >= 4 is 17.9 Å². The van der Waals surface area contributed by atoms with Crippen LogP contribution in [0.4, 0.5) is 8.78 Å². The molecule has 24 heavy (non-hydrogen) atoms. The molecule has 0 atom stereocenters. The molecule has 0 aliphatic carbocycles. The average molecular weight is 333 g/mol. The monoisotopic (exact) mass is 333 g/mol. The zero-order chi connectivity index (χ0) is 17.4. The highest BCUT2D eigenvalue weighted by atomic mass is 19.3. The summed E-state index contributed by atoms with van der Waals surface area (Å²) in [6, 6.07) is 9.12. The molecule has 2 aromatic rings. The van der Waals surface area contributed by atoms with Crippen LogP contribution in [0.5, 0.6) is 5.75 Å². The van der Waals surface area contributed by atoms with Gasteiger partial charge in [-0.15, -0.1) is 0 Å². The number of carbonyl (C=O) groups excluding carboxylic acids is 2. The molecule has 2 N–H and O–H groups in total. The number of ether oxygens (including phenoxy) is 1. The molecule has 0 fully saturated rings. The standard InChI is InChI=1S/C16H13F2N3O3/c17-16(18)24-13-6-2-1-4-11(13)7-8-14(22)20-21-15(23)12-5-3-9-19-10-12/h1-10,16H,(H,20,22)(H,21,23)/b8-7+. The van der Waals surface area contributed by atoms with Crippen molar-refractivity contribution in [3.63, 3.8) is 0 Å². The molecule has 0 bridgehead atoms. The van der Waals surface area contributed by atoms with E-state index in [1.165, 1.54) is 42.7 Å². The first-order valence-corrected chi connectivity index (χ1v) is 6.78. The van der Waals surface area contributed by atoms with Crippen molar-refractivity contribution in [2.45, 2.75) is 6.61 Å². The molecular formula is C16H13F2N3O3. The summed E-state index contributed by atoms with van der Waals surface area (Å²) in [5.74, 6) is -1.23. The van der Waals surface area contributed by atoms with Crippen LogP contribution in [0.15, 0.2) is 54.9 Å². The summed E-state index contributed by atoms with van der Waals surface area (Å²) in [6.07, 6.45) is 5.23. The van der Waals surface area contributed by atoms with Gasteiger partial charge in [-0.25, -0.2) is 0 Å². The van der Waals surface area contributed by atoms with Crippen LogP contribution in [-0.2, 0) is 4.79 Å². The third-order valence-electron chi connectivity index (χ3n) is 2.77. The Morgan fingerprint density at radius 2 is 1.92 bits per heavy atom. The van der Waals surface area contributed by atoms with Crippen LogP contribution in [0.25, 0.3) is 6.08 Å². The van der Waals surface area contributed by atoms with Crippen LogP contribution >= 0.6 is 0 Å². The molecule has 1 aromatic heterocycles. The minimum atomic E-state index is -2.97. The maximum atomic E-state index is 12.3. The van der Waals surface area contributed by atoms with E-state index in [1.807, 2.05) is 0 Å². The number of hydrazine groups is 1. The molecule has 0 unspecified atom stereocenters. The molecule has 8 heteroatoms. The lowest BCUT2D eigenvalue weighted by molar-refractivity contribution is -0.117. The largest absolute Gasteiger partial charge is 0.434 e. The lowest BCUT2D eigenvalue weighted by Gasteiger charge is -2.07. The third kappa shape index (κ3) is 5.16. The summed E-state index contributed by atoms with van der Waals surface area (Å²) < 4.78 is 28.9.